The summed E-state index contributed by atoms with van der Waals surface area (Å²) in [5.74, 6) is 1.00. The number of hydrogen-bond donors (Lipinski definition) is 1. The number of piperidine rings is 1. The lowest BCUT2D eigenvalue weighted by atomic mass is 10.00. The number of benzene rings is 1. The van der Waals surface area contributed by atoms with Crippen LogP contribution < -0.4 is 26.2 Å². The van der Waals surface area contributed by atoms with Crippen LogP contribution in [0.15, 0.2) is 33.9 Å². The zero-order valence-corrected chi connectivity index (χ0v) is 20.9. The molecule has 1 amide bonds. The van der Waals surface area contributed by atoms with Gasteiger partial charge in [-0.15, -0.1) is 0 Å². The summed E-state index contributed by atoms with van der Waals surface area (Å²) in [6.45, 7) is 9.75. The summed E-state index contributed by atoms with van der Waals surface area (Å²) in [6.07, 6.45) is 2.12. The van der Waals surface area contributed by atoms with E-state index in [1.54, 1.807) is 38.1 Å². The number of hydrogen-bond acceptors (Lipinski definition) is 7. The normalized spacial score (nSPS) is 14.7. The minimum Gasteiger partial charge on any atom is -0.494 e. The molecular weight excluding hydrogens is 454 g/mol. The Morgan fingerprint density at radius 1 is 1.21 bits per heavy atom. The van der Waals surface area contributed by atoms with Crippen molar-refractivity contribution in [1.29, 1.82) is 0 Å². The highest BCUT2D eigenvalue weighted by atomic mass is 32.1. The van der Waals surface area contributed by atoms with E-state index >= 15 is 0 Å². The fourth-order valence-corrected chi connectivity index (χ4v) is 5.18. The van der Waals surface area contributed by atoms with Crippen LogP contribution in [-0.4, -0.2) is 39.7 Å². The lowest BCUT2D eigenvalue weighted by Gasteiger charge is -2.29. The SMILES string of the molecule is CCOc1ccc(NC(=O)Cn2c(=O)n(C(C)C)c(=O)c3sc(N4CCC(C)CC4)nc32)cc1. The molecule has 182 valence electrons. The number of nitrogens with one attached hydrogen (secondary N) is 1. The van der Waals surface area contributed by atoms with Crippen LogP contribution in [0.25, 0.3) is 10.3 Å². The molecule has 0 saturated carbocycles. The molecule has 4 rings (SSSR count). The summed E-state index contributed by atoms with van der Waals surface area (Å²) >= 11 is 1.30. The van der Waals surface area contributed by atoms with Crippen molar-refractivity contribution in [2.24, 2.45) is 5.92 Å². The van der Waals surface area contributed by atoms with E-state index in [2.05, 4.69) is 22.1 Å². The molecule has 1 saturated heterocycles. The Hall–Kier alpha value is -3.14. The summed E-state index contributed by atoms with van der Waals surface area (Å²) in [6, 6.07) is 6.69. The van der Waals surface area contributed by atoms with Crippen molar-refractivity contribution < 1.29 is 9.53 Å². The third kappa shape index (κ3) is 4.86. The van der Waals surface area contributed by atoms with Gasteiger partial charge in [-0.05, 0) is 63.8 Å². The molecule has 1 N–H and O–H groups in total. The Balaban J connectivity index is 1.68. The second-order valence-electron chi connectivity index (χ2n) is 8.96. The Morgan fingerprint density at radius 2 is 1.88 bits per heavy atom. The van der Waals surface area contributed by atoms with Crippen molar-refractivity contribution in [2.75, 3.05) is 29.9 Å². The highest BCUT2D eigenvalue weighted by Gasteiger charge is 2.24. The summed E-state index contributed by atoms with van der Waals surface area (Å²) in [5.41, 5.74) is -0.0190. The molecular formula is C24H31N5O4S. The summed E-state index contributed by atoms with van der Waals surface area (Å²) < 4.78 is 8.34. The Labute approximate surface area is 202 Å². The quantitative estimate of drug-likeness (QED) is 0.550. The molecule has 10 heteroatoms. The number of fused-ring (bicyclic) bond motifs is 1. The van der Waals surface area contributed by atoms with Gasteiger partial charge in [-0.25, -0.2) is 9.78 Å². The second-order valence-corrected chi connectivity index (χ2v) is 9.94. The third-order valence-corrected chi connectivity index (χ3v) is 7.12. The van der Waals surface area contributed by atoms with Crippen LogP contribution in [0.2, 0.25) is 0 Å². The van der Waals surface area contributed by atoms with Gasteiger partial charge in [0.05, 0.1) is 6.61 Å². The number of nitrogens with zero attached hydrogens (tertiary/aromatic N) is 4. The predicted molar refractivity (Wildman–Crippen MR) is 135 cm³/mol. The van der Waals surface area contributed by atoms with Crippen LogP contribution in [0.5, 0.6) is 5.75 Å². The number of aromatic nitrogens is 3. The maximum Gasteiger partial charge on any atom is 0.333 e. The average molecular weight is 486 g/mol. The van der Waals surface area contributed by atoms with Gasteiger partial charge in [0.2, 0.25) is 5.91 Å². The van der Waals surface area contributed by atoms with E-state index in [-0.39, 0.29) is 29.7 Å². The summed E-state index contributed by atoms with van der Waals surface area (Å²) in [4.78, 5) is 46.1. The zero-order valence-electron chi connectivity index (χ0n) is 20.0. The maximum atomic E-state index is 13.3. The number of rotatable bonds is 7. The van der Waals surface area contributed by atoms with E-state index < -0.39 is 5.69 Å². The molecule has 9 nitrogen and oxygen atoms in total. The first kappa shape index (κ1) is 24.0. The number of carbonyl (C=O) groups is 1. The van der Waals surface area contributed by atoms with Crippen molar-refractivity contribution in [3.63, 3.8) is 0 Å². The van der Waals surface area contributed by atoms with Crippen molar-refractivity contribution >= 4 is 38.4 Å². The molecule has 0 spiro atoms. The van der Waals surface area contributed by atoms with Crippen molar-refractivity contribution in [1.82, 2.24) is 14.1 Å². The van der Waals surface area contributed by atoms with Crippen LogP contribution in [0.1, 0.15) is 46.6 Å². The minimum absolute atomic E-state index is 0.240. The number of ether oxygens (including phenoxy) is 1. The first-order valence-corrected chi connectivity index (χ1v) is 12.5. The number of amides is 1. The highest BCUT2D eigenvalue weighted by Crippen LogP contribution is 2.29. The van der Waals surface area contributed by atoms with Crippen molar-refractivity contribution in [2.45, 2.75) is 53.1 Å². The molecule has 3 heterocycles. The van der Waals surface area contributed by atoms with Gasteiger partial charge in [0, 0.05) is 24.8 Å². The Kier molecular flexibility index (Phi) is 7.06. The topological polar surface area (TPSA) is 98.5 Å². The molecule has 0 bridgehead atoms. The molecule has 0 radical (unpaired) electrons. The van der Waals surface area contributed by atoms with E-state index in [4.69, 9.17) is 4.74 Å². The number of anilines is 2. The van der Waals surface area contributed by atoms with E-state index in [0.717, 1.165) is 31.1 Å². The molecule has 34 heavy (non-hydrogen) atoms. The number of thiazole rings is 1. The Bertz CT molecular complexity index is 1280. The fourth-order valence-electron chi connectivity index (χ4n) is 4.12. The highest BCUT2D eigenvalue weighted by molar-refractivity contribution is 7.22. The summed E-state index contributed by atoms with van der Waals surface area (Å²) in [7, 11) is 0. The molecule has 1 fully saturated rings. The van der Waals surface area contributed by atoms with Crippen LogP contribution in [0.4, 0.5) is 10.8 Å². The zero-order chi connectivity index (χ0) is 24.4. The standard InChI is InChI=1S/C24H31N5O4S/c1-5-33-18-8-6-17(7-9-18)25-19(30)14-28-21-20(22(31)29(15(2)3)24(28)32)34-23(26-21)27-12-10-16(4)11-13-27/h6-9,15-16H,5,10-14H2,1-4H3,(H,25,30). The van der Waals surface area contributed by atoms with Gasteiger partial charge in [0.25, 0.3) is 5.56 Å². The molecule has 0 unspecified atom stereocenters. The van der Waals surface area contributed by atoms with Crippen molar-refractivity contribution in [3.05, 3.63) is 45.1 Å². The minimum atomic E-state index is -0.529. The third-order valence-electron chi connectivity index (χ3n) is 6.03. The number of carbonyl (C=O) groups excluding carboxylic acids is 1. The first-order valence-electron chi connectivity index (χ1n) is 11.7. The van der Waals surface area contributed by atoms with Gasteiger partial charge in [0.1, 0.15) is 17.0 Å². The smallest absolute Gasteiger partial charge is 0.333 e. The van der Waals surface area contributed by atoms with Crippen LogP contribution >= 0.6 is 11.3 Å². The molecule has 2 aromatic heterocycles. The molecule has 1 aliphatic heterocycles. The largest absolute Gasteiger partial charge is 0.494 e. The van der Waals surface area contributed by atoms with Gasteiger partial charge in [0.15, 0.2) is 10.8 Å². The molecule has 0 atom stereocenters. The summed E-state index contributed by atoms with van der Waals surface area (Å²) in [5, 5.41) is 3.54. The second kappa shape index (κ2) is 10.0. The molecule has 3 aromatic rings. The predicted octanol–water partition coefficient (Wildman–Crippen LogP) is 3.47. The van der Waals surface area contributed by atoms with Crippen LogP contribution in [0.3, 0.4) is 0 Å². The monoisotopic (exact) mass is 485 g/mol. The van der Waals surface area contributed by atoms with Gasteiger partial charge < -0.3 is 15.0 Å². The Morgan fingerprint density at radius 3 is 2.50 bits per heavy atom. The van der Waals surface area contributed by atoms with E-state index in [1.165, 1.54) is 20.5 Å². The van der Waals surface area contributed by atoms with Crippen LogP contribution in [0, 0.1) is 5.92 Å². The van der Waals surface area contributed by atoms with Gasteiger partial charge in [-0.3, -0.25) is 18.7 Å². The lowest BCUT2D eigenvalue weighted by Crippen LogP contribution is -2.42. The van der Waals surface area contributed by atoms with Crippen molar-refractivity contribution in [3.8, 4) is 5.75 Å². The van der Waals surface area contributed by atoms with E-state index in [1.807, 2.05) is 6.92 Å². The molecule has 1 aliphatic rings. The van der Waals surface area contributed by atoms with E-state index in [9.17, 15) is 14.4 Å². The van der Waals surface area contributed by atoms with E-state index in [0.29, 0.717) is 28.7 Å². The molecule has 1 aromatic carbocycles. The van der Waals surface area contributed by atoms with Gasteiger partial charge in [-0.1, -0.05) is 18.3 Å². The average Bonchev–Trinajstić information content (AvgIpc) is 3.24. The molecule has 0 aliphatic carbocycles. The van der Waals surface area contributed by atoms with Gasteiger partial charge in [-0.2, -0.15) is 0 Å². The van der Waals surface area contributed by atoms with Gasteiger partial charge >= 0.3 is 5.69 Å². The maximum absolute atomic E-state index is 13.3. The van der Waals surface area contributed by atoms with Crippen LogP contribution in [-0.2, 0) is 11.3 Å². The lowest BCUT2D eigenvalue weighted by molar-refractivity contribution is -0.116. The fraction of sp³-hybridized carbons (Fsp3) is 0.500. The first-order chi connectivity index (χ1) is 16.3.